The summed E-state index contributed by atoms with van der Waals surface area (Å²) in [6, 6.07) is 14.4. The number of hydrogen-bond donors (Lipinski definition) is 0. The van der Waals surface area contributed by atoms with E-state index in [9.17, 15) is 4.79 Å². The molecule has 2 aromatic carbocycles. The minimum Gasteiger partial charge on any atom is -0.493 e. The molecule has 3 nitrogen and oxygen atoms in total. The Balaban J connectivity index is 1.82. The van der Waals surface area contributed by atoms with Gasteiger partial charge in [0.2, 0.25) is 0 Å². The van der Waals surface area contributed by atoms with Gasteiger partial charge in [-0.15, -0.1) is 0 Å². The van der Waals surface area contributed by atoms with Gasteiger partial charge in [-0.25, -0.2) is 4.79 Å². The molecule has 31 heavy (non-hydrogen) atoms. The third kappa shape index (κ3) is 6.00. The molecule has 1 aliphatic rings. The number of carbonyl (C=O) groups excluding carboxylic acids is 1. The van der Waals surface area contributed by atoms with Crippen LogP contribution < -0.4 is 4.74 Å². The van der Waals surface area contributed by atoms with E-state index in [0.717, 1.165) is 30.8 Å². The lowest BCUT2D eigenvalue weighted by molar-refractivity contribution is 0.0526. The van der Waals surface area contributed by atoms with Gasteiger partial charge in [-0.05, 0) is 54.5 Å². The quantitative estimate of drug-likeness (QED) is 0.315. The molecule has 0 saturated carbocycles. The van der Waals surface area contributed by atoms with Gasteiger partial charge in [0, 0.05) is 11.5 Å². The molecule has 0 unspecified atom stereocenters. The molecule has 0 N–H and O–H groups in total. The standard InChI is InChI=1S/C28H36O3/c1-5-7-8-9-22(13-10-21-11-14-23(15-12-21)27(29)30-6-2)24-16-17-26-25(20-24)28(3,4)18-19-31-26/h10-17,20,22H,5-9,18-19H2,1-4H3/t22-/m1/s1. The maximum atomic E-state index is 11.9. The van der Waals surface area contributed by atoms with Gasteiger partial charge in [0.1, 0.15) is 5.75 Å². The Hall–Kier alpha value is -2.55. The number of esters is 1. The zero-order valence-electron chi connectivity index (χ0n) is 19.4. The van der Waals surface area contributed by atoms with E-state index < -0.39 is 0 Å². The van der Waals surface area contributed by atoms with E-state index >= 15 is 0 Å². The van der Waals surface area contributed by atoms with Crippen molar-refractivity contribution >= 4 is 12.0 Å². The summed E-state index contributed by atoms with van der Waals surface area (Å²) >= 11 is 0. The first kappa shape index (κ1) is 23.1. The van der Waals surface area contributed by atoms with Crippen molar-refractivity contribution in [3.63, 3.8) is 0 Å². The van der Waals surface area contributed by atoms with Crippen LogP contribution in [0.25, 0.3) is 6.08 Å². The SMILES string of the molecule is CCCCC[C@H](C=Cc1ccc(C(=O)OCC)cc1)c1ccc2c(c1)C(C)(C)CCO2. The third-order valence-electron chi connectivity index (χ3n) is 6.21. The molecule has 1 heterocycles. The molecule has 0 amide bonds. The molecule has 3 rings (SSSR count). The van der Waals surface area contributed by atoms with Crippen molar-refractivity contribution in [2.75, 3.05) is 13.2 Å². The molecule has 0 spiro atoms. The maximum absolute atomic E-state index is 11.9. The molecule has 1 atom stereocenters. The average Bonchev–Trinajstić information content (AvgIpc) is 2.76. The van der Waals surface area contributed by atoms with E-state index in [0.29, 0.717) is 18.1 Å². The van der Waals surface area contributed by atoms with E-state index in [4.69, 9.17) is 9.47 Å². The van der Waals surface area contributed by atoms with Crippen molar-refractivity contribution in [2.45, 2.75) is 71.1 Å². The Morgan fingerprint density at radius 1 is 1.13 bits per heavy atom. The monoisotopic (exact) mass is 420 g/mol. The fraction of sp³-hybridized carbons (Fsp3) is 0.464. The van der Waals surface area contributed by atoms with Crippen LogP contribution in [-0.2, 0) is 10.2 Å². The average molecular weight is 421 g/mol. The summed E-state index contributed by atoms with van der Waals surface area (Å²) in [7, 11) is 0. The fourth-order valence-corrected chi connectivity index (χ4v) is 4.14. The highest BCUT2D eigenvalue weighted by atomic mass is 16.5. The number of rotatable bonds is 9. The van der Waals surface area contributed by atoms with Crippen LogP contribution in [-0.4, -0.2) is 19.2 Å². The summed E-state index contributed by atoms with van der Waals surface area (Å²) in [6.45, 7) is 9.87. The highest BCUT2D eigenvalue weighted by Crippen LogP contribution is 2.40. The van der Waals surface area contributed by atoms with Gasteiger partial charge in [-0.3, -0.25) is 0 Å². The zero-order valence-corrected chi connectivity index (χ0v) is 19.4. The maximum Gasteiger partial charge on any atom is 0.338 e. The third-order valence-corrected chi connectivity index (χ3v) is 6.21. The number of benzene rings is 2. The van der Waals surface area contributed by atoms with E-state index in [1.165, 1.54) is 30.4 Å². The van der Waals surface area contributed by atoms with Gasteiger partial charge in [-0.1, -0.05) is 76.5 Å². The first-order valence-corrected chi connectivity index (χ1v) is 11.7. The van der Waals surface area contributed by atoms with Crippen LogP contribution in [0.3, 0.4) is 0 Å². The van der Waals surface area contributed by atoms with Crippen LogP contribution in [0.2, 0.25) is 0 Å². The molecule has 0 aliphatic carbocycles. The minimum absolute atomic E-state index is 0.143. The van der Waals surface area contributed by atoms with Crippen LogP contribution in [0.15, 0.2) is 48.5 Å². The topological polar surface area (TPSA) is 35.5 Å². The van der Waals surface area contributed by atoms with Crippen molar-refractivity contribution in [1.82, 2.24) is 0 Å². The van der Waals surface area contributed by atoms with E-state index in [1.807, 2.05) is 31.2 Å². The van der Waals surface area contributed by atoms with E-state index in [2.05, 4.69) is 51.1 Å². The summed E-state index contributed by atoms with van der Waals surface area (Å²) in [6.07, 6.45) is 10.3. The first-order chi connectivity index (χ1) is 14.9. The lowest BCUT2D eigenvalue weighted by Gasteiger charge is -2.33. The molecular formula is C28H36O3. The van der Waals surface area contributed by atoms with Crippen LogP contribution in [0.4, 0.5) is 0 Å². The van der Waals surface area contributed by atoms with Gasteiger partial charge in [-0.2, -0.15) is 0 Å². The lowest BCUT2D eigenvalue weighted by Crippen LogP contribution is -2.26. The summed E-state index contributed by atoms with van der Waals surface area (Å²) in [5.74, 6) is 1.12. The predicted octanol–water partition coefficient (Wildman–Crippen LogP) is 7.30. The molecule has 2 aromatic rings. The number of allylic oxidation sites excluding steroid dienone is 1. The molecule has 0 bridgehead atoms. The second kappa shape index (κ2) is 10.7. The normalized spacial score (nSPS) is 15.9. The molecular weight excluding hydrogens is 384 g/mol. The predicted molar refractivity (Wildman–Crippen MR) is 128 cm³/mol. The van der Waals surface area contributed by atoms with Crippen molar-refractivity contribution in [3.05, 3.63) is 70.8 Å². The number of carbonyl (C=O) groups is 1. The Bertz CT molecular complexity index is 893. The first-order valence-electron chi connectivity index (χ1n) is 11.7. The van der Waals surface area contributed by atoms with Gasteiger partial charge in [0.05, 0.1) is 18.8 Å². The Morgan fingerprint density at radius 3 is 2.61 bits per heavy atom. The van der Waals surface area contributed by atoms with E-state index in [-0.39, 0.29) is 11.4 Å². The number of fused-ring (bicyclic) bond motifs is 1. The van der Waals surface area contributed by atoms with Crippen LogP contribution in [0.5, 0.6) is 5.75 Å². The van der Waals surface area contributed by atoms with Crippen LogP contribution in [0, 0.1) is 0 Å². The van der Waals surface area contributed by atoms with E-state index in [1.54, 1.807) is 0 Å². The molecule has 166 valence electrons. The molecule has 0 saturated heterocycles. The molecule has 0 aromatic heterocycles. The smallest absolute Gasteiger partial charge is 0.338 e. The lowest BCUT2D eigenvalue weighted by atomic mass is 9.78. The van der Waals surface area contributed by atoms with Gasteiger partial charge in [0.25, 0.3) is 0 Å². The molecule has 0 fully saturated rings. The highest BCUT2D eigenvalue weighted by molar-refractivity contribution is 5.89. The summed E-state index contributed by atoms with van der Waals surface area (Å²) in [5, 5.41) is 0. The Morgan fingerprint density at radius 2 is 1.90 bits per heavy atom. The highest BCUT2D eigenvalue weighted by Gasteiger charge is 2.29. The van der Waals surface area contributed by atoms with Crippen molar-refractivity contribution in [3.8, 4) is 5.75 Å². The number of hydrogen-bond acceptors (Lipinski definition) is 3. The zero-order chi connectivity index (χ0) is 22.3. The van der Waals surface area contributed by atoms with Crippen molar-refractivity contribution in [1.29, 1.82) is 0 Å². The fourth-order valence-electron chi connectivity index (χ4n) is 4.14. The molecule has 1 aliphatic heterocycles. The number of ether oxygens (including phenoxy) is 2. The summed E-state index contributed by atoms with van der Waals surface area (Å²) in [5.41, 5.74) is 4.51. The van der Waals surface area contributed by atoms with Crippen molar-refractivity contribution in [2.24, 2.45) is 0 Å². The van der Waals surface area contributed by atoms with Crippen molar-refractivity contribution < 1.29 is 14.3 Å². The largest absolute Gasteiger partial charge is 0.493 e. The summed E-state index contributed by atoms with van der Waals surface area (Å²) in [4.78, 5) is 11.9. The van der Waals surface area contributed by atoms with Gasteiger partial charge in [0.15, 0.2) is 0 Å². The van der Waals surface area contributed by atoms with Gasteiger partial charge < -0.3 is 9.47 Å². The van der Waals surface area contributed by atoms with Gasteiger partial charge >= 0.3 is 5.97 Å². The second-order valence-corrected chi connectivity index (χ2v) is 9.04. The summed E-state index contributed by atoms with van der Waals surface area (Å²) < 4.78 is 11.0. The van der Waals surface area contributed by atoms with Crippen LogP contribution >= 0.6 is 0 Å². The van der Waals surface area contributed by atoms with Crippen LogP contribution in [0.1, 0.15) is 92.8 Å². The molecule has 3 heteroatoms. The number of unbranched alkanes of at least 4 members (excludes halogenated alkanes) is 2. The minimum atomic E-state index is -0.269. The Labute approximate surface area is 187 Å². The molecule has 0 radical (unpaired) electrons. The Kier molecular flexibility index (Phi) is 7.95. The second-order valence-electron chi connectivity index (χ2n) is 9.04.